The highest BCUT2D eigenvalue weighted by Crippen LogP contribution is 2.30. The van der Waals surface area contributed by atoms with E-state index in [9.17, 15) is 0 Å². The molecule has 2 N–H and O–H groups in total. The summed E-state index contributed by atoms with van der Waals surface area (Å²) in [6, 6.07) is 15.5. The molecule has 0 aliphatic carbocycles. The summed E-state index contributed by atoms with van der Waals surface area (Å²) >= 11 is 0. The second kappa shape index (κ2) is 27.9. The van der Waals surface area contributed by atoms with E-state index in [0.29, 0.717) is 6.61 Å². The van der Waals surface area contributed by atoms with Crippen LogP contribution in [0.5, 0.6) is 11.5 Å². The summed E-state index contributed by atoms with van der Waals surface area (Å²) in [5.41, 5.74) is 2.05. The van der Waals surface area contributed by atoms with Crippen molar-refractivity contribution < 1.29 is 38.6 Å². The molecule has 0 radical (unpaired) electrons. The van der Waals surface area contributed by atoms with Crippen molar-refractivity contribution in [1.29, 1.82) is 0 Å². The SMILES string of the molecule is CCCCCCCCC(O)CO.CCCCCCCCC1COC(c2ccc(OC)cc2)O1.COc1ccc(C(OC)OC)cc1. The highest BCUT2D eigenvalue weighted by molar-refractivity contribution is 5.28. The zero-order valence-corrected chi connectivity index (χ0v) is 29.6. The quantitative estimate of drug-likeness (QED) is 0.102. The summed E-state index contributed by atoms with van der Waals surface area (Å²) in [7, 11) is 6.53. The first-order valence-electron chi connectivity index (χ1n) is 17.4. The number of aliphatic hydroxyl groups excluding tert-OH is 2. The van der Waals surface area contributed by atoms with Crippen LogP contribution in [0, 0.1) is 0 Å². The van der Waals surface area contributed by atoms with Gasteiger partial charge >= 0.3 is 0 Å². The molecule has 46 heavy (non-hydrogen) atoms. The highest BCUT2D eigenvalue weighted by atomic mass is 16.7. The predicted octanol–water partition coefficient (Wildman–Crippen LogP) is 8.94. The summed E-state index contributed by atoms with van der Waals surface area (Å²) in [6.07, 6.45) is 16.5. The summed E-state index contributed by atoms with van der Waals surface area (Å²) in [4.78, 5) is 0. The van der Waals surface area contributed by atoms with Crippen LogP contribution in [0.1, 0.15) is 127 Å². The van der Waals surface area contributed by atoms with E-state index >= 15 is 0 Å². The molecular formula is C38H64O8. The molecule has 1 fully saturated rings. The first-order chi connectivity index (χ1) is 22.5. The Labute approximate surface area is 279 Å². The van der Waals surface area contributed by atoms with E-state index < -0.39 is 6.10 Å². The van der Waals surface area contributed by atoms with Gasteiger partial charge in [-0.2, -0.15) is 0 Å². The smallest absolute Gasteiger partial charge is 0.184 e. The minimum atomic E-state index is -0.490. The number of unbranched alkanes of at least 4 members (excludes halogenated alkanes) is 10. The van der Waals surface area contributed by atoms with Crippen molar-refractivity contribution in [1.82, 2.24) is 0 Å². The van der Waals surface area contributed by atoms with Gasteiger partial charge in [-0.25, -0.2) is 0 Å². The largest absolute Gasteiger partial charge is 0.497 e. The van der Waals surface area contributed by atoms with Gasteiger partial charge in [-0.1, -0.05) is 115 Å². The lowest BCUT2D eigenvalue weighted by molar-refractivity contribution is -0.106. The second-order valence-corrected chi connectivity index (χ2v) is 11.7. The Hall–Kier alpha value is -2.20. The number of hydrogen-bond donors (Lipinski definition) is 2. The molecule has 0 amide bonds. The molecule has 1 saturated heterocycles. The van der Waals surface area contributed by atoms with Gasteiger partial charge in [0.1, 0.15) is 11.5 Å². The summed E-state index contributed by atoms with van der Waals surface area (Å²) in [5.74, 6) is 1.69. The fraction of sp³-hybridized carbons (Fsp3) is 0.684. The first kappa shape index (κ1) is 41.8. The zero-order valence-electron chi connectivity index (χ0n) is 29.6. The molecule has 1 aliphatic rings. The molecule has 8 nitrogen and oxygen atoms in total. The molecule has 3 atom stereocenters. The fourth-order valence-corrected chi connectivity index (χ4v) is 5.07. The number of rotatable bonds is 21. The van der Waals surface area contributed by atoms with Crippen molar-refractivity contribution in [2.45, 2.75) is 129 Å². The molecule has 2 aromatic rings. The molecule has 0 spiro atoms. The number of hydrogen-bond acceptors (Lipinski definition) is 8. The topological polar surface area (TPSA) is 95.8 Å². The Balaban J connectivity index is 0.000000367. The van der Waals surface area contributed by atoms with Crippen LogP contribution in [-0.4, -0.2) is 64.1 Å². The maximum atomic E-state index is 9.01. The lowest BCUT2D eigenvalue weighted by Gasteiger charge is -2.13. The second-order valence-electron chi connectivity index (χ2n) is 11.7. The van der Waals surface area contributed by atoms with Crippen LogP contribution >= 0.6 is 0 Å². The Bertz CT molecular complexity index is 933. The van der Waals surface area contributed by atoms with Crippen LogP contribution in [0.4, 0.5) is 0 Å². The molecule has 3 unspecified atom stereocenters. The molecule has 8 heteroatoms. The predicted molar refractivity (Wildman–Crippen MR) is 185 cm³/mol. The number of aliphatic hydroxyl groups is 2. The van der Waals surface area contributed by atoms with Crippen LogP contribution in [0.2, 0.25) is 0 Å². The van der Waals surface area contributed by atoms with Gasteiger partial charge in [0, 0.05) is 25.3 Å². The third-order valence-corrected chi connectivity index (χ3v) is 7.93. The van der Waals surface area contributed by atoms with Gasteiger partial charge in [0.05, 0.1) is 39.6 Å². The molecule has 3 rings (SSSR count). The third kappa shape index (κ3) is 18.8. The molecule has 0 saturated carbocycles. The Morgan fingerprint density at radius 2 is 1.20 bits per heavy atom. The van der Waals surface area contributed by atoms with E-state index in [2.05, 4.69) is 13.8 Å². The van der Waals surface area contributed by atoms with E-state index in [0.717, 1.165) is 41.9 Å². The van der Waals surface area contributed by atoms with Crippen molar-refractivity contribution in [3.05, 3.63) is 59.7 Å². The first-order valence-corrected chi connectivity index (χ1v) is 17.4. The van der Waals surface area contributed by atoms with Crippen LogP contribution < -0.4 is 9.47 Å². The van der Waals surface area contributed by atoms with Crippen LogP contribution in [0.25, 0.3) is 0 Å². The van der Waals surface area contributed by atoms with Gasteiger partial charge in [0.15, 0.2) is 12.6 Å². The van der Waals surface area contributed by atoms with Gasteiger partial charge in [0.25, 0.3) is 0 Å². The van der Waals surface area contributed by atoms with Gasteiger partial charge in [-0.05, 0) is 37.1 Å². The molecular weight excluding hydrogens is 584 g/mol. The monoisotopic (exact) mass is 648 g/mol. The van der Waals surface area contributed by atoms with Crippen molar-refractivity contribution in [2.75, 3.05) is 41.7 Å². The maximum absolute atomic E-state index is 9.01. The van der Waals surface area contributed by atoms with E-state index in [1.165, 1.54) is 70.6 Å². The van der Waals surface area contributed by atoms with Crippen LogP contribution in [0.15, 0.2) is 48.5 Å². The molecule has 1 aliphatic heterocycles. The van der Waals surface area contributed by atoms with Gasteiger partial charge in [-0.15, -0.1) is 0 Å². The van der Waals surface area contributed by atoms with E-state index in [1.54, 1.807) is 28.4 Å². The van der Waals surface area contributed by atoms with Crippen molar-refractivity contribution in [3.8, 4) is 11.5 Å². The van der Waals surface area contributed by atoms with E-state index in [4.69, 9.17) is 38.6 Å². The average molecular weight is 649 g/mol. The van der Waals surface area contributed by atoms with Gasteiger partial charge in [0.2, 0.25) is 0 Å². The lowest BCUT2D eigenvalue weighted by atomic mass is 10.1. The third-order valence-electron chi connectivity index (χ3n) is 7.93. The fourth-order valence-electron chi connectivity index (χ4n) is 5.07. The lowest BCUT2D eigenvalue weighted by Crippen LogP contribution is -2.10. The van der Waals surface area contributed by atoms with Gasteiger partial charge < -0.3 is 38.6 Å². The molecule has 0 aromatic heterocycles. The Kier molecular flexibility index (Phi) is 25.3. The molecule has 1 heterocycles. The number of ether oxygens (including phenoxy) is 6. The van der Waals surface area contributed by atoms with E-state index in [1.807, 2.05) is 48.5 Å². The molecule has 2 aromatic carbocycles. The van der Waals surface area contributed by atoms with Crippen molar-refractivity contribution in [3.63, 3.8) is 0 Å². The average Bonchev–Trinajstić information content (AvgIpc) is 3.58. The molecule has 0 bridgehead atoms. The number of benzene rings is 2. The van der Waals surface area contributed by atoms with Crippen LogP contribution in [-0.2, 0) is 18.9 Å². The normalized spacial score (nSPS) is 16.3. The standard InChI is InChI=1S/C18H28O3.C10H14O3.C10H22O2/c1-3-4-5-6-7-8-9-17-14-20-18(21-17)15-10-12-16(19-2)13-11-15;1-11-9-6-4-8(5-7-9)10(12-2)13-3;1-2-3-4-5-6-7-8-10(12)9-11/h10-13,17-18H,3-9,14H2,1-2H3;4-7,10H,1-3H3;10-12H,2-9H2,1H3. The number of methoxy groups -OCH3 is 4. The summed E-state index contributed by atoms with van der Waals surface area (Å²) in [5, 5.41) is 17.5. The summed E-state index contributed by atoms with van der Waals surface area (Å²) < 4.78 is 32.1. The summed E-state index contributed by atoms with van der Waals surface area (Å²) in [6.45, 7) is 5.08. The Morgan fingerprint density at radius 3 is 1.70 bits per heavy atom. The van der Waals surface area contributed by atoms with Crippen LogP contribution in [0.3, 0.4) is 0 Å². The van der Waals surface area contributed by atoms with Crippen molar-refractivity contribution >= 4 is 0 Å². The molecule has 264 valence electrons. The van der Waals surface area contributed by atoms with E-state index in [-0.39, 0.29) is 25.3 Å². The minimum Gasteiger partial charge on any atom is -0.497 e. The van der Waals surface area contributed by atoms with Crippen molar-refractivity contribution in [2.24, 2.45) is 0 Å². The van der Waals surface area contributed by atoms with Gasteiger partial charge in [-0.3, -0.25) is 0 Å². The highest BCUT2D eigenvalue weighted by Gasteiger charge is 2.26. The maximum Gasteiger partial charge on any atom is 0.184 e. The minimum absolute atomic E-state index is 0.0883. The zero-order chi connectivity index (χ0) is 33.8. The Morgan fingerprint density at radius 1 is 0.696 bits per heavy atom.